The minimum atomic E-state index is -3.59. The van der Waals surface area contributed by atoms with Crippen LogP contribution in [0.4, 0.5) is 0 Å². The number of likely N-dealkylation sites (N-methyl/N-ethyl adjacent to an activating group) is 1. The molecule has 120 valence electrons. The van der Waals surface area contributed by atoms with Gasteiger partial charge in [0.15, 0.2) is 0 Å². The van der Waals surface area contributed by atoms with Gasteiger partial charge in [0.25, 0.3) is 0 Å². The molecule has 2 heterocycles. The number of hydrogen-bond donors (Lipinski definition) is 2. The molecule has 0 amide bonds. The molecule has 0 spiro atoms. The van der Waals surface area contributed by atoms with Gasteiger partial charge in [0.2, 0.25) is 10.0 Å². The van der Waals surface area contributed by atoms with Crippen LogP contribution in [0.15, 0.2) is 9.31 Å². The van der Waals surface area contributed by atoms with Crippen molar-refractivity contribution in [3.8, 4) is 0 Å². The molecule has 21 heavy (non-hydrogen) atoms. The van der Waals surface area contributed by atoms with E-state index in [1.165, 1.54) is 6.42 Å². The number of rotatable bonds is 5. The molecule has 1 aromatic rings. The Morgan fingerprint density at radius 3 is 2.67 bits per heavy atom. The van der Waals surface area contributed by atoms with Crippen LogP contribution in [0.3, 0.4) is 0 Å². The fourth-order valence-electron chi connectivity index (χ4n) is 2.98. The summed E-state index contributed by atoms with van der Waals surface area (Å²) in [4.78, 5) is 2.42. The Morgan fingerprint density at radius 1 is 1.33 bits per heavy atom. The molecule has 6 nitrogen and oxygen atoms in total. The van der Waals surface area contributed by atoms with E-state index < -0.39 is 10.0 Å². The van der Waals surface area contributed by atoms with Crippen molar-refractivity contribution in [1.82, 2.24) is 9.62 Å². The average Bonchev–Trinajstić information content (AvgIpc) is 2.72. The molecule has 3 N–H and O–H groups in total. The van der Waals surface area contributed by atoms with Gasteiger partial charge in [0.05, 0.1) is 0 Å². The van der Waals surface area contributed by atoms with Crippen molar-refractivity contribution < 1.29 is 12.8 Å². The zero-order valence-electron chi connectivity index (χ0n) is 13.0. The van der Waals surface area contributed by atoms with E-state index in [0.717, 1.165) is 19.4 Å². The molecule has 0 aromatic carbocycles. The monoisotopic (exact) mass is 315 g/mol. The second-order valence-electron chi connectivity index (χ2n) is 5.71. The van der Waals surface area contributed by atoms with Gasteiger partial charge >= 0.3 is 0 Å². The Morgan fingerprint density at radius 2 is 2.05 bits per heavy atom. The summed E-state index contributed by atoms with van der Waals surface area (Å²) in [6, 6.07) is 0.253. The fraction of sp³-hybridized carbons (Fsp3) is 0.714. The molecule has 1 unspecified atom stereocenters. The van der Waals surface area contributed by atoms with Crippen LogP contribution in [-0.2, 0) is 16.6 Å². The van der Waals surface area contributed by atoms with Crippen molar-refractivity contribution in [2.75, 3.05) is 20.1 Å². The maximum absolute atomic E-state index is 12.6. The molecule has 7 heteroatoms. The van der Waals surface area contributed by atoms with Gasteiger partial charge < -0.3 is 15.1 Å². The van der Waals surface area contributed by atoms with Gasteiger partial charge in [-0.05, 0) is 40.3 Å². The highest BCUT2D eigenvalue weighted by Gasteiger charge is 2.28. The summed E-state index contributed by atoms with van der Waals surface area (Å²) in [5.41, 5.74) is 6.23. The van der Waals surface area contributed by atoms with Crippen LogP contribution in [0.2, 0.25) is 0 Å². The van der Waals surface area contributed by atoms with Crippen LogP contribution < -0.4 is 10.5 Å². The number of piperidine rings is 1. The minimum Gasteiger partial charge on any atom is -0.465 e. The van der Waals surface area contributed by atoms with E-state index in [1.54, 1.807) is 13.8 Å². The zero-order chi connectivity index (χ0) is 15.6. The molecule has 1 saturated heterocycles. The molecule has 0 bridgehead atoms. The molecular weight excluding hydrogens is 290 g/mol. The normalized spacial score (nSPS) is 20.9. The van der Waals surface area contributed by atoms with E-state index in [0.29, 0.717) is 23.6 Å². The standard InChI is InChI=1S/C14H25N3O3S/c1-10-13(8-15)14(11(2)20-10)21(18,19)16-9-12-6-4-5-7-17(12)3/h12,16H,4-9,15H2,1-3H3. The number of aryl methyl sites for hydroxylation is 2. The molecule has 1 fully saturated rings. The smallest absolute Gasteiger partial charge is 0.244 e. The number of nitrogens with two attached hydrogens (primary N) is 1. The largest absolute Gasteiger partial charge is 0.465 e. The topological polar surface area (TPSA) is 88.6 Å². The Balaban J connectivity index is 2.15. The first-order chi connectivity index (χ1) is 9.86. The predicted octanol–water partition coefficient (Wildman–Crippen LogP) is 1.12. The van der Waals surface area contributed by atoms with Crippen LogP contribution in [0.1, 0.15) is 36.3 Å². The van der Waals surface area contributed by atoms with Crippen LogP contribution in [0.5, 0.6) is 0 Å². The lowest BCUT2D eigenvalue weighted by Gasteiger charge is -2.32. The molecule has 0 saturated carbocycles. The lowest BCUT2D eigenvalue weighted by atomic mass is 10.0. The highest BCUT2D eigenvalue weighted by molar-refractivity contribution is 7.89. The van der Waals surface area contributed by atoms with Crippen molar-refractivity contribution in [2.24, 2.45) is 5.73 Å². The predicted molar refractivity (Wildman–Crippen MR) is 81.5 cm³/mol. The van der Waals surface area contributed by atoms with Crippen molar-refractivity contribution in [2.45, 2.75) is 50.6 Å². The van der Waals surface area contributed by atoms with Crippen molar-refractivity contribution in [1.29, 1.82) is 0 Å². The van der Waals surface area contributed by atoms with Gasteiger partial charge in [0.1, 0.15) is 16.4 Å². The molecule has 0 radical (unpaired) electrons. The Hall–Kier alpha value is -0.890. The van der Waals surface area contributed by atoms with Gasteiger partial charge in [-0.25, -0.2) is 13.1 Å². The third kappa shape index (κ3) is 3.48. The summed E-state index contributed by atoms with van der Waals surface area (Å²) in [5, 5.41) is 0. The molecule has 1 aliphatic heterocycles. The fourth-order valence-corrected chi connectivity index (χ4v) is 4.51. The second-order valence-corrected chi connectivity index (χ2v) is 7.41. The van der Waals surface area contributed by atoms with E-state index >= 15 is 0 Å². The first-order valence-electron chi connectivity index (χ1n) is 7.35. The Kier molecular flexibility index (Phi) is 5.08. The average molecular weight is 315 g/mol. The third-order valence-corrected chi connectivity index (χ3v) is 5.85. The summed E-state index contributed by atoms with van der Waals surface area (Å²) in [7, 11) is -1.55. The second kappa shape index (κ2) is 6.48. The van der Waals surface area contributed by atoms with E-state index in [-0.39, 0.29) is 17.5 Å². The van der Waals surface area contributed by atoms with Gasteiger partial charge in [-0.15, -0.1) is 0 Å². The number of furan rings is 1. The zero-order valence-corrected chi connectivity index (χ0v) is 13.8. The summed E-state index contributed by atoms with van der Waals surface area (Å²) in [6.07, 6.45) is 3.35. The molecule has 1 atom stereocenters. The molecular formula is C14H25N3O3S. The highest BCUT2D eigenvalue weighted by Crippen LogP contribution is 2.26. The van der Waals surface area contributed by atoms with Gasteiger partial charge in [0, 0.05) is 24.7 Å². The maximum atomic E-state index is 12.6. The Bertz CT molecular complexity index is 595. The van der Waals surface area contributed by atoms with E-state index in [2.05, 4.69) is 9.62 Å². The number of nitrogens with one attached hydrogen (secondary N) is 1. The van der Waals surface area contributed by atoms with E-state index in [4.69, 9.17) is 10.2 Å². The number of hydrogen-bond acceptors (Lipinski definition) is 5. The minimum absolute atomic E-state index is 0.156. The van der Waals surface area contributed by atoms with Gasteiger partial charge in [-0.3, -0.25) is 0 Å². The first-order valence-corrected chi connectivity index (χ1v) is 8.84. The van der Waals surface area contributed by atoms with Gasteiger partial charge in [-0.2, -0.15) is 0 Å². The molecule has 2 rings (SSSR count). The summed E-state index contributed by atoms with van der Waals surface area (Å²) < 4.78 is 33.2. The SMILES string of the molecule is Cc1oc(C)c(S(=O)(=O)NCC2CCCCN2C)c1CN. The Labute approximate surface area is 126 Å². The molecule has 1 aromatic heterocycles. The molecule has 1 aliphatic rings. The quantitative estimate of drug-likeness (QED) is 0.850. The van der Waals surface area contributed by atoms with Crippen molar-refractivity contribution in [3.63, 3.8) is 0 Å². The van der Waals surface area contributed by atoms with Crippen molar-refractivity contribution in [3.05, 3.63) is 17.1 Å². The number of sulfonamides is 1. The summed E-state index contributed by atoms with van der Waals surface area (Å²) in [6.45, 7) is 5.00. The van der Waals surface area contributed by atoms with Crippen LogP contribution in [0.25, 0.3) is 0 Å². The van der Waals surface area contributed by atoms with Crippen LogP contribution in [-0.4, -0.2) is 39.5 Å². The number of nitrogens with zero attached hydrogens (tertiary/aromatic N) is 1. The maximum Gasteiger partial charge on any atom is 0.244 e. The number of likely N-dealkylation sites (tertiary alicyclic amines) is 1. The highest BCUT2D eigenvalue weighted by atomic mass is 32.2. The first kappa shape index (κ1) is 16.5. The van der Waals surface area contributed by atoms with Crippen molar-refractivity contribution >= 4 is 10.0 Å². The van der Waals surface area contributed by atoms with Crippen LogP contribution >= 0.6 is 0 Å². The van der Waals surface area contributed by atoms with E-state index in [1.807, 2.05) is 7.05 Å². The van der Waals surface area contributed by atoms with E-state index in [9.17, 15) is 8.42 Å². The lowest BCUT2D eigenvalue weighted by Crippen LogP contribution is -2.44. The van der Waals surface area contributed by atoms with Gasteiger partial charge in [-0.1, -0.05) is 6.42 Å². The van der Waals surface area contributed by atoms with Crippen LogP contribution in [0, 0.1) is 13.8 Å². The third-order valence-electron chi connectivity index (χ3n) is 4.23. The lowest BCUT2D eigenvalue weighted by molar-refractivity contribution is 0.187. The summed E-state index contributed by atoms with van der Waals surface area (Å²) in [5.74, 6) is 0.975. The molecule has 0 aliphatic carbocycles. The summed E-state index contributed by atoms with van der Waals surface area (Å²) >= 11 is 0.